The Balaban J connectivity index is 2.26. The third-order valence-corrected chi connectivity index (χ3v) is 2.42. The van der Waals surface area contributed by atoms with Crippen LogP contribution in [0.25, 0.3) is 0 Å². The zero-order chi connectivity index (χ0) is 11.5. The summed E-state index contributed by atoms with van der Waals surface area (Å²) in [6.45, 7) is 0.959. The molecule has 1 aromatic heterocycles. The zero-order valence-electron chi connectivity index (χ0n) is 8.49. The van der Waals surface area contributed by atoms with Crippen LogP contribution in [0.3, 0.4) is 0 Å². The van der Waals surface area contributed by atoms with Gasteiger partial charge < -0.3 is 4.90 Å². The molecule has 84 valence electrons. The van der Waals surface area contributed by atoms with E-state index in [4.69, 9.17) is 0 Å². The summed E-state index contributed by atoms with van der Waals surface area (Å²) in [6, 6.07) is 1.19. The van der Waals surface area contributed by atoms with Crippen molar-refractivity contribution in [1.82, 2.24) is 9.88 Å². The van der Waals surface area contributed by atoms with Crippen molar-refractivity contribution in [3.8, 4) is 0 Å². The lowest BCUT2D eigenvalue weighted by Gasteiger charge is -2.23. The molecule has 0 aromatic carbocycles. The van der Waals surface area contributed by atoms with E-state index < -0.39 is 17.7 Å². The molecule has 3 nitrogen and oxygen atoms in total. The van der Waals surface area contributed by atoms with Gasteiger partial charge in [-0.2, -0.15) is 4.39 Å². The summed E-state index contributed by atoms with van der Waals surface area (Å²) in [4.78, 5) is 16.4. The Hall–Kier alpha value is -1.78. The smallest absolute Gasteiger partial charge is 0.257 e. The van der Waals surface area contributed by atoms with Crippen LogP contribution in [0.15, 0.2) is 24.4 Å². The summed E-state index contributed by atoms with van der Waals surface area (Å²) in [5, 5.41) is 0. The van der Waals surface area contributed by atoms with Gasteiger partial charge in [0.2, 0.25) is 5.95 Å². The van der Waals surface area contributed by atoms with E-state index in [2.05, 4.69) is 4.98 Å². The van der Waals surface area contributed by atoms with Gasteiger partial charge in [-0.25, -0.2) is 9.37 Å². The Bertz CT molecular complexity index is 446. The molecule has 0 saturated heterocycles. The van der Waals surface area contributed by atoms with E-state index in [-0.39, 0.29) is 5.56 Å². The molecule has 16 heavy (non-hydrogen) atoms. The van der Waals surface area contributed by atoms with Crippen LogP contribution in [0.2, 0.25) is 0 Å². The molecule has 0 spiro atoms. The summed E-state index contributed by atoms with van der Waals surface area (Å²) in [5.41, 5.74) is -0.261. The molecule has 5 heteroatoms. The average Bonchev–Trinajstić information content (AvgIpc) is 2.33. The molecular formula is C11H10F2N2O. The number of pyridine rings is 1. The lowest BCUT2D eigenvalue weighted by Crippen LogP contribution is -2.34. The second-order valence-electron chi connectivity index (χ2n) is 3.47. The van der Waals surface area contributed by atoms with Gasteiger partial charge in [0.1, 0.15) is 0 Å². The third kappa shape index (κ3) is 1.93. The minimum absolute atomic E-state index is 0.261. The first-order valence-corrected chi connectivity index (χ1v) is 4.94. The fourth-order valence-electron chi connectivity index (χ4n) is 1.58. The molecule has 0 N–H and O–H groups in total. The molecule has 1 amide bonds. The Morgan fingerprint density at radius 1 is 1.38 bits per heavy atom. The van der Waals surface area contributed by atoms with E-state index in [9.17, 15) is 13.6 Å². The largest absolute Gasteiger partial charge is 0.335 e. The minimum Gasteiger partial charge on any atom is -0.335 e. The van der Waals surface area contributed by atoms with Gasteiger partial charge in [-0.15, -0.1) is 0 Å². The van der Waals surface area contributed by atoms with Gasteiger partial charge in [0, 0.05) is 19.3 Å². The van der Waals surface area contributed by atoms with Crippen molar-refractivity contribution in [2.75, 3.05) is 13.1 Å². The number of aromatic nitrogens is 1. The van der Waals surface area contributed by atoms with Crippen molar-refractivity contribution in [1.29, 1.82) is 0 Å². The highest BCUT2D eigenvalue weighted by molar-refractivity contribution is 5.94. The highest BCUT2D eigenvalue weighted by Gasteiger charge is 2.21. The molecule has 2 rings (SSSR count). The fraction of sp³-hybridized carbons (Fsp3) is 0.273. The van der Waals surface area contributed by atoms with Crippen molar-refractivity contribution >= 4 is 5.91 Å². The van der Waals surface area contributed by atoms with Crippen LogP contribution in [0.1, 0.15) is 16.8 Å². The van der Waals surface area contributed by atoms with E-state index in [0.29, 0.717) is 13.1 Å². The van der Waals surface area contributed by atoms with Crippen LogP contribution < -0.4 is 0 Å². The van der Waals surface area contributed by atoms with E-state index >= 15 is 0 Å². The average molecular weight is 224 g/mol. The maximum Gasteiger partial charge on any atom is 0.257 e. The lowest BCUT2D eigenvalue weighted by molar-refractivity contribution is 0.0765. The van der Waals surface area contributed by atoms with E-state index in [1.807, 2.05) is 12.2 Å². The van der Waals surface area contributed by atoms with Gasteiger partial charge in [-0.3, -0.25) is 4.79 Å². The molecular weight excluding hydrogens is 214 g/mol. The molecule has 0 unspecified atom stereocenters. The maximum atomic E-state index is 13.3. The van der Waals surface area contributed by atoms with Crippen molar-refractivity contribution in [3.05, 3.63) is 41.7 Å². The Morgan fingerprint density at radius 2 is 2.19 bits per heavy atom. The van der Waals surface area contributed by atoms with Crippen LogP contribution >= 0.6 is 0 Å². The summed E-state index contributed by atoms with van der Waals surface area (Å²) < 4.78 is 26.1. The number of amides is 1. The first-order valence-electron chi connectivity index (χ1n) is 4.94. The zero-order valence-corrected chi connectivity index (χ0v) is 8.49. The summed E-state index contributed by atoms with van der Waals surface area (Å²) in [6.07, 6.45) is 5.61. The molecule has 0 saturated carbocycles. The van der Waals surface area contributed by atoms with Crippen LogP contribution in [0, 0.1) is 11.8 Å². The van der Waals surface area contributed by atoms with Crippen molar-refractivity contribution < 1.29 is 13.6 Å². The third-order valence-electron chi connectivity index (χ3n) is 2.42. The molecule has 2 heterocycles. The minimum atomic E-state index is -1.24. The molecule has 0 atom stereocenters. The van der Waals surface area contributed by atoms with E-state index in [1.165, 1.54) is 11.0 Å². The number of hydrogen-bond acceptors (Lipinski definition) is 2. The topological polar surface area (TPSA) is 33.2 Å². The molecule has 0 radical (unpaired) electrons. The van der Waals surface area contributed by atoms with Crippen molar-refractivity contribution in [2.24, 2.45) is 0 Å². The van der Waals surface area contributed by atoms with E-state index in [0.717, 1.165) is 12.6 Å². The Labute approximate surface area is 91.4 Å². The Morgan fingerprint density at radius 3 is 2.88 bits per heavy atom. The number of carbonyl (C=O) groups excluding carboxylic acids is 1. The first kappa shape index (κ1) is 10.7. The van der Waals surface area contributed by atoms with Gasteiger partial charge in [-0.1, -0.05) is 12.2 Å². The van der Waals surface area contributed by atoms with Gasteiger partial charge in [0.05, 0.1) is 5.56 Å². The van der Waals surface area contributed by atoms with Crippen molar-refractivity contribution in [2.45, 2.75) is 6.42 Å². The van der Waals surface area contributed by atoms with Crippen molar-refractivity contribution in [3.63, 3.8) is 0 Å². The second-order valence-corrected chi connectivity index (χ2v) is 3.47. The number of hydrogen-bond donors (Lipinski definition) is 0. The molecule has 1 aliphatic heterocycles. The maximum absolute atomic E-state index is 13.3. The van der Waals surface area contributed by atoms with Crippen LogP contribution in [-0.4, -0.2) is 28.9 Å². The number of nitrogens with zero attached hydrogens (tertiary/aromatic N) is 2. The highest BCUT2D eigenvalue weighted by Crippen LogP contribution is 2.13. The summed E-state index contributed by atoms with van der Waals surface area (Å²) >= 11 is 0. The quantitative estimate of drug-likeness (QED) is 0.538. The molecule has 1 aromatic rings. The number of rotatable bonds is 1. The van der Waals surface area contributed by atoms with Gasteiger partial charge in [-0.05, 0) is 12.5 Å². The highest BCUT2D eigenvalue weighted by atomic mass is 19.2. The van der Waals surface area contributed by atoms with Gasteiger partial charge in [0.25, 0.3) is 5.91 Å². The predicted octanol–water partition coefficient (Wildman–Crippen LogP) is 1.76. The summed E-state index contributed by atoms with van der Waals surface area (Å²) in [7, 11) is 0. The van der Waals surface area contributed by atoms with Gasteiger partial charge in [0.15, 0.2) is 5.82 Å². The van der Waals surface area contributed by atoms with Gasteiger partial charge >= 0.3 is 0 Å². The number of carbonyl (C=O) groups is 1. The lowest BCUT2D eigenvalue weighted by atomic mass is 10.2. The molecule has 0 aliphatic carbocycles. The Kier molecular flexibility index (Phi) is 2.94. The fourth-order valence-corrected chi connectivity index (χ4v) is 1.58. The number of halogens is 2. The summed E-state index contributed by atoms with van der Waals surface area (Å²) in [5.74, 6) is -2.91. The van der Waals surface area contributed by atoms with Crippen LogP contribution in [0.5, 0.6) is 0 Å². The standard InChI is InChI=1S/C11H10F2N2O/c12-9-8(4-5-14-10(9)13)11(16)15-6-2-1-3-7-15/h1-2,4-5H,3,6-7H2. The van der Waals surface area contributed by atoms with E-state index in [1.54, 1.807) is 0 Å². The second kappa shape index (κ2) is 4.38. The SMILES string of the molecule is O=C(c1ccnc(F)c1F)N1CC=CCC1. The normalized spacial score (nSPS) is 15.2. The molecule has 0 fully saturated rings. The van der Waals surface area contributed by atoms with Crippen LogP contribution in [0.4, 0.5) is 8.78 Å². The first-order chi connectivity index (χ1) is 7.70. The van der Waals surface area contributed by atoms with Crippen LogP contribution in [-0.2, 0) is 0 Å². The monoisotopic (exact) mass is 224 g/mol. The molecule has 0 bridgehead atoms. The predicted molar refractivity (Wildman–Crippen MR) is 53.8 cm³/mol. The molecule has 1 aliphatic rings.